The van der Waals surface area contributed by atoms with Crippen LogP contribution >= 0.6 is 0 Å². The molecule has 0 aliphatic carbocycles. The van der Waals surface area contributed by atoms with Crippen molar-refractivity contribution in [2.24, 2.45) is 5.92 Å². The van der Waals surface area contributed by atoms with Crippen molar-refractivity contribution in [3.63, 3.8) is 0 Å². The molecule has 5 rings (SSSR count). The van der Waals surface area contributed by atoms with Gasteiger partial charge in [-0.25, -0.2) is 4.79 Å². The fourth-order valence-corrected chi connectivity index (χ4v) is 6.07. The summed E-state index contributed by atoms with van der Waals surface area (Å²) in [5.41, 5.74) is 2.28. The topological polar surface area (TPSA) is 53.1 Å². The van der Waals surface area contributed by atoms with Crippen molar-refractivity contribution in [1.82, 2.24) is 9.80 Å². The molecule has 1 unspecified atom stereocenters. The van der Waals surface area contributed by atoms with Gasteiger partial charge in [-0.2, -0.15) is 0 Å². The van der Waals surface area contributed by atoms with Crippen LogP contribution in [-0.4, -0.2) is 66.7 Å². The number of fused-ring (bicyclic) bond motifs is 3. The molecule has 6 heteroatoms. The van der Waals surface area contributed by atoms with Gasteiger partial charge in [0.25, 0.3) is 0 Å². The summed E-state index contributed by atoms with van der Waals surface area (Å²) in [5, 5.41) is 0. The number of benzene rings is 1. The maximum atomic E-state index is 12.6. The van der Waals surface area contributed by atoms with E-state index in [1.807, 2.05) is 17.0 Å². The van der Waals surface area contributed by atoms with Gasteiger partial charge in [-0.15, -0.1) is 0 Å². The van der Waals surface area contributed by atoms with Gasteiger partial charge in [0.15, 0.2) is 0 Å². The van der Waals surface area contributed by atoms with Gasteiger partial charge in [0.2, 0.25) is 5.91 Å². The summed E-state index contributed by atoms with van der Waals surface area (Å²) >= 11 is 0. The third kappa shape index (κ3) is 2.98. The van der Waals surface area contributed by atoms with Crippen molar-refractivity contribution in [3.05, 3.63) is 29.8 Å². The van der Waals surface area contributed by atoms with Gasteiger partial charge in [-0.05, 0) is 49.7 Å². The lowest BCUT2D eigenvalue weighted by molar-refractivity contribution is -0.117. The summed E-state index contributed by atoms with van der Waals surface area (Å²) in [4.78, 5) is 31.2. The first-order valence-corrected chi connectivity index (χ1v) is 10.6. The van der Waals surface area contributed by atoms with Crippen LogP contribution in [0.3, 0.4) is 0 Å². The van der Waals surface area contributed by atoms with E-state index >= 15 is 0 Å². The molecular formula is C22H29N3O3. The Bertz CT molecular complexity index is 768. The molecule has 1 aromatic carbocycles. The molecular weight excluding hydrogens is 354 g/mol. The Kier molecular flexibility index (Phi) is 4.54. The van der Waals surface area contributed by atoms with Gasteiger partial charge >= 0.3 is 6.09 Å². The Hall–Kier alpha value is -2.08. The molecule has 6 nitrogen and oxygen atoms in total. The lowest BCUT2D eigenvalue weighted by atomic mass is 9.90. The summed E-state index contributed by atoms with van der Waals surface area (Å²) in [6, 6.07) is 9.20. The molecule has 0 N–H and O–H groups in total. The Morgan fingerprint density at radius 3 is 2.61 bits per heavy atom. The zero-order valence-corrected chi connectivity index (χ0v) is 16.5. The van der Waals surface area contributed by atoms with Crippen LogP contribution < -0.4 is 4.90 Å². The second-order valence-corrected chi connectivity index (χ2v) is 8.87. The van der Waals surface area contributed by atoms with Crippen LogP contribution in [0.15, 0.2) is 24.3 Å². The molecule has 0 aromatic heterocycles. The molecule has 0 spiro atoms. The Morgan fingerprint density at radius 1 is 1.11 bits per heavy atom. The molecule has 0 radical (unpaired) electrons. The summed E-state index contributed by atoms with van der Waals surface area (Å²) in [6.07, 6.45) is 5.82. The van der Waals surface area contributed by atoms with Gasteiger partial charge in [0, 0.05) is 37.4 Å². The average molecular weight is 383 g/mol. The van der Waals surface area contributed by atoms with Crippen molar-refractivity contribution >= 4 is 17.7 Å². The molecule has 150 valence electrons. The number of likely N-dealkylation sites (tertiary alicyclic amines) is 1. The molecule has 1 aromatic rings. The predicted molar refractivity (Wildman–Crippen MR) is 106 cm³/mol. The lowest BCUT2D eigenvalue weighted by Gasteiger charge is -2.39. The first-order valence-electron chi connectivity index (χ1n) is 10.6. The second-order valence-electron chi connectivity index (χ2n) is 8.87. The van der Waals surface area contributed by atoms with E-state index in [1.165, 1.54) is 7.11 Å². The highest BCUT2D eigenvalue weighted by molar-refractivity contribution is 6.01. The van der Waals surface area contributed by atoms with E-state index in [9.17, 15) is 9.59 Å². The number of hydrogen-bond acceptors (Lipinski definition) is 4. The van der Waals surface area contributed by atoms with Crippen molar-refractivity contribution in [1.29, 1.82) is 0 Å². The molecule has 3 saturated heterocycles. The molecule has 0 saturated carbocycles. The second kappa shape index (κ2) is 7.07. The average Bonchev–Trinajstić information content (AvgIpc) is 3.35. The zero-order valence-electron chi connectivity index (χ0n) is 16.5. The number of piperidine rings is 1. The number of ether oxygens (including phenoxy) is 1. The van der Waals surface area contributed by atoms with E-state index in [0.29, 0.717) is 30.5 Å². The van der Waals surface area contributed by atoms with Crippen LogP contribution in [0.2, 0.25) is 0 Å². The number of carbonyl (C=O) groups is 2. The number of methoxy groups -OCH3 is 1. The SMILES string of the molecule is COC(=O)N1[C@@H]2CC[C@H]1CC(CN1CC[C@H](N3C(=O)Cc4ccccc43)C1)C2. The minimum atomic E-state index is -0.154. The third-order valence-corrected chi connectivity index (χ3v) is 7.21. The number of hydrogen-bond donors (Lipinski definition) is 0. The van der Waals surface area contributed by atoms with Crippen LogP contribution in [0, 0.1) is 5.92 Å². The highest BCUT2D eigenvalue weighted by Gasteiger charge is 2.45. The van der Waals surface area contributed by atoms with E-state index in [-0.39, 0.29) is 12.0 Å². The maximum Gasteiger partial charge on any atom is 0.409 e. The molecule has 2 bridgehead atoms. The fraction of sp³-hybridized carbons (Fsp3) is 0.636. The number of rotatable bonds is 3. The number of amides is 2. The fourth-order valence-electron chi connectivity index (χ4n) is 6.07. The predicted octanol–water partition coefficient (Wildman–Crippen LogP) is 2.66. The highest BCUT2D eigenvalue weighted by atomic mass is 16.5. The number of anilines is 1. The maximum absolute atomic E-state index is 12.6. The molecule has 4 aliphatic rings. The van der Waals surface area contributed by atoms with E-state index in [1.54, 1.807) is 0 Å². The smallest absolute Gasteiger partial charge is 0.409 e. The van der Waals surface area contributed by atoms with E-state index in [0.717, 1.165) is 63.0 Å². The van der Waals surface area contributed by atoms with Crippen molar-refractivity contribution < 1.29 is 14.3 Å². The number of nitrogens with zero attached hydrogens (tertiary/aromatic N) is 3. The van der Waals surface area contributed by atoms with Crippen LogP contribution in [0.4, 0.5) is 10.5 Å². The van der Waals surface area contributed by atoms with E-state index in [4.69, 9.17) is 4.74 Å². The molecule has 4 atom stereocenters. The minimum Gasteiger partial charge on any atom is -0.453 e. The van der Waals surface area contributed by atoms with Crippen LogP contribution in [0.1, 0.15) is 37.7 Å². The quantitative estimate of drug-likeness (QED) is 0.805. The summed E-state index contributed by atoms with van der Waals surface area (Å²) in [7, 11) is 1.48. The first-order chi connectivity index (χ1) is 13.6. The minimum absolute atomic E-state index is 0.154. The van der Waals surface area contributed by atoms with E-state index in [2.05, 4.69) is 21.9 Å². The highest BCUT2D eigenvalue weighted by Crippen LogP contribution is 2.40. The van der Waals surface area contributed by atoms with Gasteiger partial charge in [0.05, 0.1) is 19.6 Å². The monoisotopic (exact) mass is 383 g/mol. The lowest BCUT2D eigenvalue weighted by Crippen LogP contribution is -2.48. The van der Waals surface area contributed by atoms with Crippen molar-refractivity contribution in [2.45, 2.75) is 56.7 Å². The van der Waals surface area contributed by atoms with Gasteiger partial charge in [0.1, 0.15) is 0 Å². The summed E-state index contributed by atoms with van der Waals surface area (Å²) < 4.78 is 4.99. The summed E-state index contributed by atoms with van der Waals surface area (Å²) in [5.74, 6) is 0.885. The molecule has 3 fully saturated rings. The van der Waals surface area contributed by atoms with E-state index < -0.39 is 0 Å². The molecule has 2 amide bonds. The normalized spacial score (nSPS) is 32.1. The Balaban J connectivity index is 1.20. The zero-order chi connectivity index (χ0) is 19.3. The van der Waals surface area contributed by atoms with Gasteiger partial charge < -0.3 is 19.4 Å². The standard InChI is InChI=1S/C22H29N3O3/c1-28-22(27)24-17-6-7-18(24)11-15(10-17)13-23-9-8-19(14-23)25-20-5-3-2-4-16(20)12-21(25)26/h2-5,15,17-19H,6-14H2,1H3/t15?,17-,18+,19-/m0/s1. The Morgan fingerprint density at radius 2 is 1.86 bits per heavy atom. The first kappa shape index (κ1) is 18.0. The van der Waals surface area contributed by atoms with Crippen LogP contribution in [0.25, 0.3) is 0 Å². The summed E-state index contributed by atoms with van der Waals surface area (Å²) in [6.45, 7) is 3.11. The Labute approximate surface area is 166 Å². The largest absolute Gasteiger partial charge is 0.453 e. The van der Waals surface area contributed by atoms with Crippen LogP contribution in [-0.2, 0) is 16.0 Å². The molecule has 28 heavy (non-hydrogen) atoms. The molecule has 4 aliphatic heterocycles. The number of carbonyl (C=O) groups excluding carboxylic acids is 2. The van der Waals surface area contributed by atoms with Crippen molar-refractivity contribution in [2.75, 3.05) is 31.6 Å². The van der Waals surface area contributed by atoms with Gasteiger partial charge in [-0.1, -0.05) is 18.2 Å². The molecule has 4 heterocycles. The van der Waals surface area contributed by atoms with Crippen molar-refractivity contribution in [3.8, 4) is 0 Å². The third-order valence-electron chi connectivity index (χ3n) is 7.21. The number of para-hydroxylation sites is 1. The van der Waals surface area contributed by atoms with Gasteiger partial charge in [-0.3, -0.25) is 4.79 Å². The van der Waals surface area contributed by atoms with Crippen LogP contribution in [0.5, 0.6) is 0 Å².